The summed E-state index contributed by atoms with van der Waals surface area (Å²) in [5.41, 5.74) is 0.839. The zero-order chi connectivity index (χ0) is 18.2. The molecular weight excluding hydrogens is 330 g/mol. The maximum absolute atomic E-state index is 12.1. The van der Waals surface area contributed by atoms with Crippen LogP contribution in [-0.2, 0) is 16.1 Å². The first-order chi connectivity index (χ1) is 12.7. The molecule has 0 aliphatic carbocycles. The Morgan fingerprint density at radius 3 is 2.92 bits per heavy atom. The number of amides is 1. The molecule has 138 valence electrons. The average Bonchev–Trinajstić information content (AvgIpc) is 3.45. The average molecular weight is 355 g/mol. The van der Waals surface area contributed by atoms with Gasteiger partial charge in [0.1, 0.15) is 0 Å². The van der Waals surface area contributed by atoms with E-state index in [2.05, 4.69) is 31.3 Å². The molecule has 3 heterocycles. The highest BCUT2D eigenvalue weighted by atomic mass is 16.5. The lowest BCUT2D eigenvalue weighted by atomic mass is 10.0. The quantitative estimate of drug-likeness (QED) is 0.685. The van der Waals surface area contributed by atoms with Crippen LogP contribution < -0.4 is 5.32 Å². The van der Waals surface area contributed by atoms with Crippen molar-refractivity contribution in [2.45, 2.75) is 44.0 Å². The lowest BCUT2D eigenvalue weighted by Crippen LogP contribution is -2.47. The van der Waals surface area contributed by atoms with Crippen molar-refractivity contribution in [1.82, 2.24) is 15.2 Å². The van der Waals surface area contributed by atoms with Crippen LogP contribution in [0.3, 0.4) is 0 Å². The van der Waals surface area contributed by atoms with Crippen LogP contribution in [0.2, 0.25) is 0 Å². The Labute approximate surface area is 154 Å². The summed E-state index contributed by atoms with van der Waals surface area (Å²) >= 11 is 0. The van der Waals surface area contributed by atoms with Crippen LogP contribution in [0, 0.1) is 12.3 Å². The smallest absolute Gasteiger partial charge is 0.220 e. The van der Waals surface area contributed by atoms with Crippen molar-refractivity contribution in [2.75, 3.05) is 26.2 Å². The normalized spacial score (nSPS) is 21.1. The van der Waals surface area contributed by atoms with Gasteiger partial charge in [0, 0.05) is 64.3 Å². The van der Waals surface area contributed by atoms with Gasteiger partial charge in [-0.3, -0.25) is 14.7 Å². The van der Waals surface area contributed by atoms with Crippen molar-refractivity contribution in [3.63, 3.8) is 0 Å². The van der Waals surface area contributed by atoms with Crippen molar-refractivity contribution in [1.29, 1.82) is 0 Å². The van der Waals surface area contributed by atoms with E-state index in [4.69, 9.17) is 11.2 Å². The van der Waals surface area contributed by atoms with Crippen LogP contribution in [-0.4, -0.2) is 53.8 Å². The van der Waals surface area contributed by atoms with Crippen molar-refractivity contribution < 1.29 is 9.53 Å². The fraction of sp³-hybridized carbons (Fsp3) is 0.579. The SMILES string of the molecule is C#CCCC1(CCC(=O)NCC2CN(Cc3ccncc3)CCO2)N=N1. The second-order valence-electron chi connectivity index (χ2n) is 6.77. The molecule has 1 aromatic heterocycles. The molecule has 1 fully saturated rings. The molecule has 1 amide bonds. The fourth-order valence-electron chi connectivity index (χ4n) is 3.09. The fourth-order valence-corrected chi connectivity index (χ4v) is 3.09. The second kappa shape index (κ2) is 8.88. The van der Waals surface area contributed by atoms with Crippen LogP contribution in [0.1, 0.15) is 31.2 Å². The van der Waals surface area contributed by atoms with Gasteiger partial charge in [0.05, 0.1) is 12.7 Å². The first kappa shape index (κ1) is 18.5. The van der Waals surface area contributed by atoms with Crippen LogP contribution in [0.4, 0.5) is 0 Å². The third kappa shape index (κ3) is 5.61. The van der Waals surface area contributed by atoms with E-state index in [0.29, 0.717) is 32.4 Å². The number of ether oxygens (including phenoxy) is 1. The summed E-state index contributed by atoms with van der Waals surface area (Å²) < 4.78 is 5.78. The number of carbonyl (C=O) groups is 1. The van der Waals surface area contributed by atoms with E-state index in [9.17, 15) is 4.79 Å². The molecule has 1 saturated heterocycles. The molecule has 1 unspecified atom stereocenters. The van der Waals surface area contributed by atoms with E-state index in [0.717, 1.165) is 26.1 Å². The van der Waals surface area contributed by atoms with Gasteiger partial charge in [-0.05, 0) is 17.7 Å². The molecule has 1 aromatic rings. The van der Waals surface area contributed by atoms with E-state index >= 15 is 0 Å². The molecule has 7 nitrogen and oxygen atoms in total. The summed E-state index contributed by atoms with van der Waals surface area (Å²) in [6, 6.07) is 4.05. The van der Waals surface area contributed by atoms with Crippen LogP contribution in [0.15, 0.2) is 34.8 Å². The number of morpholine rings is 1. The molecule has 1 atom stereocenters. The minimum Gasteiger partial charge on any atom is -0.374 e. The van der Waals surface area contributed by atoms with E-state index in [1.807, 2.05) is 24.5 Å². The monoisotopic (exact) mass is 355 g/mol. The van der Waals surface area contributed by atoms with Crippen molar-refractivity contribution in [2.24, 2.45) is 10.2 Å². The molecule has 2 aliphatic heterocycles. The molecule has 3 rings (SSSR count). The maximum atomic E-state index is 12.1. The molecule has 26 heavy (non-hydrogen) atoms. The Balaban J connectivity index is 1.35. The largest absolute Gasteiger partial charge is 0.374 e. The lowest BCUT2D eigenvalue weighted by molar-refractivity contribution is -0.122. The highest BCUT2D eigenvalue weighted by molar-refractivity contribution is 5.76. The summed E-state index contributed by atoms with van der Waals surface area (Å²) in [6.07, 6.45) is 11.3. The standard InChI is InChI=1S/C19H25N5O2/c1-2-3-7-19(22-23-19)8-4-18(25)21-13-17-15-24(11-12-26-17)14-16-5-9-20-10-6-16/h1,5-6,9-10,17H,3-4,7-8,11-15H2,(H,21,25). The molecule has 0 radical (unpaired) electrons. The van der Waals surface area contributed by atoms with Gasteiger partial charge in [-0.15, -0.1) is 12.3 Å². The van der Waals surface area contributed by atoms with Gasteiger partial charge in [0.2, 0.25) is 5.91 Å². The Bertz CT molecular complexity index is 664. The number of pyridine rings is 1. The number of hydrogen-bond donors (Lipinski definition) is 1. The minimum atomic E-state index is -0.396. The summed E-state index contributed by atoms with van der Waals surface area (Å²) in [5, 5.41) is 11.1. The molecule has 0 bridgehead atoms. The maximum Gasteiger partial charge on any atom is 0.220 e. The summed E-state index contributed by atoms with van der Waals surface area (Å²) in [5.74, 6) is 2.61. The molecule has 0 aromatic carbocycles. The predicted octanol–water partition coefficient (Wildman–Crippen LogP) is 1.75. The number of nitrogens with zero attached hydrogens (tertiary/aromatic N) is 4. The number of hydrogen-bond acceptors (Lipinski definition) is 6. The zero-order valence-electron chi connectivity index (χ0n) is 14.9. The van der Waals surface area contributed by atoms with Crippen molar-refractivity contribution in [3.05, 3.63) is 30.1 Å². The van der Waals surface area contributed by atoms with Gasteiger partial charge in [-0.2, -0.15) is 10.2 Å². The summed E-state index contributed by atoms with van der Waals surface area (Å²) in [4.78, 5) is 18.5. The first-order valence-corrected chi connectivity index (χ1v) is 9.06. The van der Waals surface area contributed by atoms with E-state index in [1.54, 1.807) is 0 Å². The van der Waals surface area contributed by atoms with Crippen molar-refractivity contribution >= 4 is 5.91 Å². The summed E-state index contributed by atoms with van der Waals surface area (Å²) in [6.45, 7) is 3.78. The first-order valence-electron chi connectivity index (χ1n) is 9.06. The molecule has 0 spiro atoms. The predicted molar refractivity (Wildman–Crippen MR) is 97.2 cm³/mol. The molecule has 7 heteroatoms. The van der Waals surface area contributed by atoms with Crippen LogP contribution in [0.5, 0.6) is 0 Å². The van der Waals surface area contributed by atoms with Crippen LogP contribution >= 0.6 is 0 Å². The zero-order valence-corrected chi connectivity index (χ0v) is 14.9. The van der Waals surface area contributed by atoms with Gasteiger partial charge >= 0.3 is 0 Å². The highest BCUT2D eigenvalue weighted by Crippen LogP contribution is 2.37. The third-order valence-electron chi connectivity index (χ3n) is 4.71. The number of rotatable bonds is 9. The van der Waals surface area contributed by atoms with Gasteiger partial charge in [0.25, 0.3) is 0 Å². The number of aromatic nitrogens is 1. The topological polar surface area (TPSA) is 79.2 Å². The van der Waals surface area contributed by atoms with E-state index < -0.39 is 5.66 Å². The summed E-state index contributed by atoms with van der Waals surface area (Å²) in [7, 11) is 0. The molecule has 2 aliphatic rings. The van der Waals surface area contributed by atoms with Gasteiger partial charge in [-0.25, -0.2) is 0 Å². The number of nitrogens with one attached hydrogen (secondary N) is 1. The lowest BCUT2D eigenvalue weighted by Gasteiger charge is -2.33. The van der Waals surface area contributed by atoms with Gasteiger partial charge in [-0.1, -0.05) is 0 Å². The Hall–Kier alpha value is -2.30. The molecule has 1 N–H and O–H groups in total. The Morgan fingerprint density at radius 1 is 1.38 bits per heavy atom. The number of terminal acetylenes is 1. The second-order valence-corrected chi connectivity index (χ2v) is 6.77. The van der Waals surface area contributed by atoms with E-state index in [-0.39, 0.29) is 12.0 Å². The van der Waals surface area contributed by atoms with Crippen molar-refractivity contribution in [3.8, 4) is 12.3 Å². The minimum absolute atomic E-state index is 0.0113. The Kier molecular flexibility index (Phi) is 6.31. The molecule has 0 saturated carbocycles. The highest BCUT2D eigenvalue weighted by Gasteiger charge is 2.39. The third-order valence-corrected chi connectivity index (χ3v) is 4.71. The molecular formula is C19H25N5O2. The van der Waals surface area contributed by atoms with E-state index in [1.165, 1.54) is 5.56 Å². The van der Waals surface area contributed by atoms with Gasteiger partial charge in [0.15, 0.2) is 5.66 Å². The van der Waals surface area contributed by atoms with Gasteiger partial charge < -0.3 is 10.1 Å². The number of carbonyl (C=O) groups excluding carboxylic acids is 1. The Morgan fingerprint density at radius 2 is 2.19 bits per heavy atom. The van der Waals surface area contributed by atoms with Crippen LogP contribution in [0.25, 0.3) is 0 Å².